The summed E-state index contributed by atoms with van der Waals surface area (Å²) in [5, 5.41) is 3.04. The average molecular weight is 276 g/mol. The number of benzene rings is 1. The number of ether oxygens (including phenoxy) is 2. The molecule has 1 aliphatic rings. The molecule has 1 aliphatic heterocycles. The van der Waals surface area contributed by atoms with Crippen LogP contribution in [0.4, 0.5) is 0 Å². The molecule has 2 heterocycles. The number of hydrogen-bond donors (Lipinski definition) is 1. The first-order valence-electron chi connectivity index (χ1n) is 6.31. The Hall–Kier alpha value is -1.27. The third-order valence-electron chi connectivity index (χ3n) is 3.10. The third-order valence-corrected chi connectivity index (χ3v) is 4.04. The number of aromatic nitrogens is 1. The van der Waals surface area contributed by atoms with Crippen LogP contribution in [0.2, 0.25) is 0 Å². The maximum absolute atomic E-state index is 5.66. The van der Waals surface area contributed by atoms with Gasteiger partial charge in [0.15, 0.2) is 0 Å². The van der Waals surface area contributed by atoms with Crippen LogP contribution in [0.25, 0.3) is 11.3 Å². The molecule has 0 bridgehead atoms. The molecule has 1 aromatic heterocycles. The van der Waals surface area contributed by atoms with Gasteiger partial charge in [-0.2, -0.15) is 0 Å². The number of hydrogen-bond acceptors (Lipinski definition) is 5. The van der Waals surface area contributed by atoms with Crippen molar-refractivity contribution >= 4 is 11.3 Å². The van der Waals surface area contributed by atoms with Crippen molar-refractivity contribution in [3.63, 3.8) is 0 Å². The molecule has 1 aromatic carbocycles. The molecule has 3 rings (SSSR count). The van der Waals surface area contributed by atoms with Crippen molar-refractivity contribution in [3.05, 3.63) is 40.2 Å². The second-order valence-corrected chi connectivity index (χ2v) is 5.30. The lowest BCUT2D eigenvalue weighted by atomic mass is 10.1. The molecule has 0 amide bonds. The van der Waals surface area contributed by atoms with Gasteiger partial charge in [0, 0.05) is 17.5 Å². The van der Waals surface area contributed by atoms with E-state index >= 15 is 0 Å². The summed E-state index contributed by atoms with van der Waals surface area (Å²) in [7, 11) is 0. The Bertz CT molecular complexity index is 533. The molecule has 4 nitrogen and oxygen atoms in total. The van der Waals surface area contributed by atoms with Gasteiger partial charge < -0.3 is 15.2 Å². The normalized spacial score (nSPS) is 19.5. The van der Waals surface area contributed by atoms with Gasteiger partial charge in [-0.05, 0) is 5.56 Å². The molecule has 2 aromatic rings. The molecular formula is C14H16N2O2S. The van der Waals surface area contributed by atoms with Gasteiger partial charge in [-0.15, -0.1) is 11.3 Å². The molecule has 1 fully saturated rings. The fourth-order valence-corrected chi connectivity index (χ4v) is 2.87. The first-order chi connectivity index (χ1) is 9.36. The Kier molecular flexibility index (Phi) is 3.89. The van der Waals surface area contributed by atoms with Crippen molar-refractivity contribution in [2.45, 2.75) is 12.6 Å². The second kappa shape index (κ2) is 5.79. The molecular weight excluding hydrogens is 260 g/mol. The number of nitrogens with two attached hydrogens (primary N) is 1. The van der Waals surface area contributed by atoms with Crippen LogP contribution in [-0.4, -0.2) is 24.8 Å². The fourth-order valence-electron chi connectivity index (χ4n) is 2.01. The topological polar surface area (TPSA) is 57.4 Å². The zero-order valence-corrected chi connectivity index (χ0v) is 11.4. The summed E-state index contributed by atoms with van der Waals surface area (Å²) in [5.41, 5.74) is 8.82. The molecule has 1 saturated heterocycles. The van der Waals surface area contributed by atoms with Crippen LogP contribution in [-0.2, 0) is 16.0 Å². The minimum atomic E-state index is -0.0178. The molecule has 5 heteroatoms. The Morgan fingerprint density at radius 1 is 1.26 bits per heavy atom. The van der Waals surface area contributed by atoms with Crippen molar-refractivity contribution in [1.82, 2.24) is 4.98 Å². The van der Waals surface area contributed by atoms with Crippen LogP contribution in [0.1, 0.15) is 16.7 Å². The van der Waals surface area contributed by atoms with E-state index in [0.717, 1.165) is 21.8 Å². The van der Waals surface area contributed by atoms with Crippen LogP contribution >= 0.6 is 11.3 Å². The van der Waals surface area contributed by atoms with Crippen LogP contribution in [0.5, 0.6) is 0 Å². The second-order valence-electron chi connectivity index (χ2n) is 4.41. The quantitative estimate of drug-likeness (QED) is 0.935. The lowest BCUT2D eigenvalue weighted by Gasteiger charge is -2.20. The van der Waals surface area contributed by atoms with Gasteiger partial charge in [-0.3, -0.25) is 0 Å². The van der Waals surface area contributed by atoms with E-state index in [1.165, 1.54) is 0 Å². The van der Waals surface area contributed by atoms with Gasteiger partial charge in [0.1, 0.15) is 11.1 Å². The SMILES string of the molecule is NCc1ccc(-c2csc(C3COCCO3)n2)cc1. The van der Waals surface area contributed by atoms with E-state index in [2.05, 4.69) is 22.5 Å². The molecule has 0 aliphatic carbocycles. The molecule has 0 spiro atoms. The third kappa shape index (κ3) is 2.84. The molecule has 2 N–H and O–H groups in total. The van der Waals surface area contributed by atoms with Gasteiger partial charge in [-0.25, -0.2) is 4.98 Å². The van der Waals surface area contributed by atoms with E-state index in [-0.39, 0.29) is 6.10 Å². The van der Waals surface area contributed by atoms with Crippen molar-refractivity contribution in [2.75, 3.05) is 19.8 Å². The van der Waals surface area contributed by atoms with E-state index < -0.39 is 0 Å². The number of thiazole rings is 1. The molecule has 0 radical (unpaired) electrons. The van der Waals surface area contributed by atoms with Crippen molar-refractivity contribution in [1.29, 1.82) is 0 Å². The molecule has 1 unspecified atom stereocenters. The first-order valence-corrected chi connectivity index (χ1v) is 7.19. The minimum Gasteiger partial charge on any atom is -0.376 e. The largest absolute Gasteiger partial charge is 0.376 e. The predicted molar refractivity (Wildman–Crippen MR) is 75.0 cm³/mol. The first kappa shape index (κ1) is 12.7. The standard InChI is InChI=1S/C14H16N2O2S/c15-7-10-1-3-11(4-2-10)12-9-19-14(16-12)13-8-17-5-6-18-13/h1-4,9,13H,5-8,15H2. The lowest BCUT2D eigenvalue weighted by Crippen LogP contribution is -2.21. The zero-order valence-electron chi connectivity index (χ0n) is 10.5. The number of nitrogens with zero attached hydrogens (tertiary/aromatic N) is 1. The van der Waals surface area contributed by atoms with Crippen LogP contribution in [0, 0.1) is 0 Å². The Labute approximate surface area is 116 Å². The average Bonchev–Trinajstić information content (AvgIpc) is 2.98. The number of rotatable bonds is 3. The maximum Gasteiger partial charge on any atom is 0.132 e. The van der Waals surface area contributed by atoms with Crippen molar-refractivity contribution in [3.8, 4) is 11.3 Å². The molecule has 1 atom stereocenters. The van der Waals surface area contributed by atoms with Crippen LogP contribution in [0.3, 0.4) is 0 Å². The summed E-state index contributed by atoms with van der Waals surface area (Å²) in [6, 6.07) is 8.18. The van der Waals surface area contributed by atoms with E-state index in [9.17, 15) is 0 Å². The highest BCUT2D eigenvalue weighted by Gasteiger charge is 2.20. The van der Waals surface area contributed by atoms with Crippen LogP contribution < -0.4 is 5.73 Å². The van der Waals surface area contributed by atoms with E-state index in [1.807, 2.05) is 12.1 Å². The summed E-state index contributed by atoms with van der Waals surface area (Å²) < 4.78 is 11.1. The van der Waals surface area contributed by atoms with Crippen molar-refractivity contribution < 1.29 is 9.47 Å². The van der Waals surface area contributed by atoms with Gasteiger partial charge in [0.25, 0.3) is 0 Å². The van der Waals surface area contributed by atoms with Gasteiger partial charge in [0.2, 0.25) is 0 Å². The summed E-state index contributed by atoms with van der Waals surface area (Å²) in [4.78, 5) is 4.64. The highest BCUT2D eigenvalue weighted by Crippen LogP contribution is 2.28. The van der Waals surface area contributed by atoms with Gasteiger partial charge in [0.05, 0.1) is 25.5 Å². The predicted octanol–water partition coefficient (Wildman–Crippen LogP) is 2.36. The van der Waals surface area contributed by atoms with Gasteiger partial charge in [-0.1, -0.05) is 24.3 Å². The minimum absolute atomic E-state index is 0.0178. The van der Waals surface area contributed by atoms with E-state index in [4.69, 9.17) is 15.2 Å². The smallest absolute Gasteiger partial charge is 0.132 e. The maximum atomic E-state index is 5.66. The molecule has 19 heavy (non-hydrogen) atoms. The molecule has 100 valence electrons. The monoisotopic (exact) mass is 276 g/mol. The summed E-state index contributed by atoms with van der Waals surface area (Å²) in [5.74, 6) is 0. The van der Waals surface area contributed by atoms with Gasteiger partial charge >= 0.3 is 0 Å². The summed E-state index contributed by atoms with van der Waals surface area (Å²) in [6.07, 6.45) is -0.0178. The Morgan fingerprint density at radius 3 is 2.79 bits per heavy atom. The van der Waals surface area contributed by atoms with E-state index in [0.29, 0.717) is 26.4 Å². The zero-order chi connectivity index (χ0) is 13.1. The van der Waals surface area contributed by atoms with E-state index in [1.54, 1.807) is 11.3 Å². The lowest BCUT2D eigenvalue weighted by molar-refractivity contribution is -0.0901. The fraction of sp³-hybridized carbons (Fsp3) is 0.357. The Morgan fingerprint density at radius 2 is 2.11 bits per heavy atom. The van der Waals surface area contributed by atoms with Crippen molar-refractivity contribution in [2.24, 2.45) is 5.73 Å². The highest BCUT2D eigenvalue weighted by molar-refractivity contribution is 7.10. The highest BCUT2D eigenvalue weighted by atomic mass is 32.1. The van der Waals surface area contributed by atoms with Crippen LogP contribution in [0.15, 0.2) is 29.6 Å². The molecule has 0 saturated carbocycles. The summed E-state index contributed by atoms with van der Waals surface area (Å²) >= 11 is 1.62. The summed E-state index contributed by atoms with van der Waals surface area (Å²) in [6.45, 7) is 2.48. The Balaban J connectivity index is 1.79.